The Balaban J connectivity index is 1.51. The van der Waals surface area contributed by atoms with Gasteiger partial charge in [0, 0.05) is 35.8 Å². The van der Waals surface area contributed by atoms with E-state index in [1.165, 1.54) is 24.3 Å². The first-order valence-electron chi connectivity index (χ1n) is 7.38. The molecule has 7 heteroatoms. The zero-order valence-corrected chi connectivity index (χ0v) is 12.7. The number of non-ortho nitro benzene ring substituents is 1. The van der Waals surface area contributed by atoms with E-state index in [4.69, 9.17) is 4.74 Å². The minimum absolute atomic E-state index is 0.0536. The number of carbonyl (C=O) groups is 1. The molecule has 0 aliphatic heterocycles. The van der Waals surface area contributed by atoms with Gasteiger partial charge in [0.2, 0.25) is 0 Å². The Morgan fingerprint density at radius 1 is 1.17 bits per heavy atom. The van der Waals surface area contributed by atoms with Gasteiger partial charge in [0.15, 0.2) is 0 Å². The maximum Gasteiger partial charge on any atom is 0.412 e. The molecule has 1 heterocycles. The van der Waals surface area contributed by atoms with Gasteiger partial charge >= 0.3 is 6.09 Å². The molecule has 0 spiro atoms. The summed E-state index contributed by atoms with van der Waals surface area (Å²) < 4.78 is 5.08. The second kappa shape index (κ2) is 6.82. The van der Waals surface area contributed by atoms with Gasteiger partial charge in [-0.25, -0.2) is 4.79 Å². The summed E-state index contributed by atoms with van der Waals surface area (Å²) in [5.41, 5.74) is 2.12. The third-order valence-corrected chi connectivity index (χ3v) is 3.60. The summed E-state index contributed by atoms with van der Waals surface area (Å²) in [5.74, 6) is 0.255. The third kappa shape index (κ3) is 3.52. The Labute approximate surface area is 137 Å². The maximum absolute atomic E-state index is 11.7. The number of para-hydroxylation sites is 1. The second-order valence-corrected chi connectivity index (χ2v) is 5.18. The van der Waals surface area contributed by atoms with Crippen LogP contribution in [0.1, 0.15) is 5.56 Å². The van der Waals surface area contributed by atoms with Crippen LogP contribution in [0.15, 0.2) is 54.7 Å². The monoisotopic (exact) mass is 325 g/mol. The molecule has 3 aromatic rings. The number of rotatable bonds is 5. The van der Waals surface area contributed by atoms with Gasteiger partial charge in [-0.15, -0.1) is 0 Å². The van der Waals surface area contributed by atoms with E-state index >= 15 is 0 Å². The van der Waals surface area contributed by atoms with Crippen LogP contribution in [0.3, 0.4) is 0 Å². The number of ether oxygens (including phenoxy) is 1. The molecule has 1 amide bonds. The molecule has 0 aliphatic rings. The Morgan fingerprint density at radius 3 is 2.67 bits per heavy atom. The van der Waals surface area contributed by atoms with E-state index in [0.717, 1.165) is 16.5 Å². The fourth-order valence-corrected chi connectivity index (χ4v) is 2.42. The quantitative estimate of drug-likeness (QED) is 0.555. The van der Waals surface area contributed by atoms with Crippen molar-refractivity contribution in [3.8, 4) is 5.75 Å². The predicted molar refractivity (Wildman–Crippen MR) is 89.1 cm³/mol. The molecule has 0 saturated carbocycles. The van der Waals surface area contributed by atoms with Gasteiger partial charge in [0.05, 0.1) is 4.92 Å². The number of aromatic nitrogens is 1. The standard InChI is InChI=1S/C17H15N3O4/c21-17(24-14-7-5-13(6-8-14)20(22)23)18-10-9-12-11-19-16-4-2-1-3-15(12)16/h1-8,11,19H,9-10H2,(H,18,21). The van der Waals surface area contributed by atoms with Crippen molar-refractivity contribution < 1.29 is 14.5 Å². The summed E-state index contributed by atoms with van der Waals surface area (Å²) in [7, 11) is 0. The van der Waals surface area contributed by atoms with E-state index < -0.39 is 11.0 Å². The smallest absolute Gasteiger partial charge is 0.410 e. The first-order chi connectivity index (χ1) is 11.6. The van der Waals surface area contributed by atoms with E-state index in [-0.39, 0.29) is 11.4 Å². The normalized spacial score (nSPS) is 10.5. The van der Waals surface area contributed by atoms with Crippen LogP contribution in [0.25, 0.3) is 10.9 Å². The first-order valence-corrected chi connectivity index (χ1v) is 7.38. The van der Waals surface area contributed by atoms with Crippen molar-refractivity contribution in [2.45, 2.75) is 6.42 Å². The third-order valence-electron chi connectivity index (χ3n) is 3.60. The molecule has 1 aromatic heterocycles. The van der Waals surface area contributed by atoms with Gasteiger partial charge in [0.1, 0.15) is 5.75 Å². The van der Waals surface area contributed by atoms with Crippen LogP contribution in [-0.2, 0) is 6.42 Å². The number of hydrogen-bond donors (Lipinski definition) is 2. The van der Waals surface area contributed by atoms with E-state index in [9.17, 15) is 14.9 Å². The number of H-pyrrole nitrogens is 1. The molecule has 2 N–H and O–H groups in total. The molecule has 0 bridgehead atoms. The van der Waals surface area contributed by atoms with E-state index in [1.807, 2.05) is 30.5 Å². The Bertz CT molecular complexity index is 871. The van der Waals surface area contributed by atoms with Gasteiger partial charge in [0.25, 0.3) is 5.69 Å². The number of nitrogens with zero attached hydrogens (tertiary/aromatic N) is 1. The number of hydrogen-bond acceptors (Lipinski definition) is 4. The summed E-state index contributed by atoms with van der Waals surface area (Å²) in [6.07, 6.45) is 2.00. The molecule has 7 nitrogen and oxygen atoms in total. The zero-order chi connectivity index (χ0) is 16.9. The van der Waals surface area contributed by atoms with Gasteiger partial charge in [-0.1, -0.05) is 18.2 Å². The largest absolute Gasteiger partial charge is 0.412 e. The number of fused-ring (bicyclic) bond motifs is 1. The summed E-state index contributed by atoms with van der Waals surface area (Å²) in [6.45, 7) is 0.424. The summed E-state index contributed by atoms with van der Waals surface area (Å²) in [5, 5.41) is 14.4. The van der Waals surface area contributed by atoms with Crippen molar-refractivity contribution in [2.24, 2.45) is 0 Å². The first kappa shape index (κ1) is 15.5. The molecular weight excluding hydrogens is 310 g/mol. The number of aromatic amines is 1. The number of nitrogens with one attached hydrogen (secondary N) is 2. The molecule has 0 unspecified atom stereocenters. The molecule has 3 rings (SSSR count). The Hall–Kier alpha value is -3.35. The molecule has 0 fully saturated rings. The molecule has 2 aromatic carbocycles. The lowest BCUT2D eigenvalue weighted by atomic mass is 10.1. The van der Waals surface area contributed by atoms with Crippen molar-refractivity contribution >= 4 is 22.7 Å². The number of nitro groups is 1. The van der Waals surface area contributed by atoms with Gasteiger partial charge in [-0.3, -0.25) is 10.1 Å². The van der Waals surface area contributed by atoms with E-state index in [0.29, 0.717) is 13.0 Å². The zero-order valence-electron chi connectivity index (χ0n) is 12.7. The lowest BCUT2D eigenvalue weighted by Crippen LogP contribution is -2.28. The summed E-state index contributed by atoms with van der Waals surface area (Å²) in [4.78, 5) is 25.0. The highest BCUT2D eigenvalue weighted by atomic mass is 16.6. The molecular formula is C17H15N3O4. The Morgan fingerprint density at radius 2 is 1.92 bits per heavy atom. The SMILES string of the molecule is O=C(NCCc1c[nH]c2ccccc12)Oc1ccc([N+](=O)[O-])cc1. The lowest BCUT2D eigenvalue weighted by molar-refractivity contribution is -0.384. The minimum Gasteiger partial charge on any atom is -0.410 e. The molecule has 0 atom stereocenters. The van der Waals surface area contributed by atoms with Crippen LogP contribution < -0.4 is 10.1 Å². The van der Waals surface area contributed by atoms with Gasteiger partial charge in [-0.2, -0.15) is 0 Å². The lowest BCUT2D eigenvalue weighted by Gasteiger charge is -2.06. The fourth-order valence-electron chi connectivity index (χ4n) is 2.42. The average Bonchev–Trinajstić information content (AvgIpc) is 2.99. The number of nitro benzene ring substituents is 1. The molecule has 0 saturated heterocycles. The van der Waals surface area contributed by atoms with Crippen molar-refractivity contribution in [3.63, 3.8) is 0 Å². The molecule has 122 valence electrons. The van der Waals surface area contributed by atoms with E-state index in [2.05, 4.69) is 10.3 Å². The second-order valence-electron chi connectivity index (χ2n) is 5.18. The van der Waals surface area contributed by atoms with Crippen LogP contribution >= 0.6 is 0 Å². The Kier molecular flexibility index (Phi) is 4.42. The van der Waals surface area contributed by atoms with Crippen LogP contribution in [0, 0.1) is 10.1 Å². The van der Waals surface area contributed by atoms with Gasteiger partial charge in [-0.05, 0) is 30.2 Å². The van der Waals surface area contributed by atoms with E-state index in [1.54, 1.807) is 0 Å². The summed E-state index contributed by atoms with van der Waals surface area (Å²) >= 11 is 0. The topological polar surface area (TPSA) is 97.3 Å². The minimum atomic E-state index is -0.594. The maximum atomic E-state index is 11.7. The van der Waals surface area contributed by atoms with Crippen molar-refractivity contribution in [1.82, 2.24) is 10.3 Å². The highest BCUT2D eigenvalue weighted by Crippen LogP contribution is 2.18. The molecule has 0 aliphatic carbocycles. The van der Waals surface area contributed by atoms with Crippen LogP contribution in [0.4, 0.5) is 10.5 Å². The number of amides is 1. The van der Waals surface area contributed by atoms with Gasteiger partial charge < -0.3 is 15.0 Å². The van der Waals surface area contributed by atoms with Crippen molar-refractivity contribution in [1.29, 1.82) is 0 Å². The van der Waals surface area contributed by atoms with Crippen LogP contribution in [-0.4, -0.2) is 22.5 Å². The fraction of sp³-hybridized carbons (Fsp3) is 0.118. The predicted octanol–water partition coefficient (Wildman–Crippen LogP) is 3.41. The number of carbonyl (C=O) groups excluding carboxylic acids is 1. The highest BCUT2D eigenvalue weighted by molar-refractivity contribution is 5.83. The molecule has 24 heavy (non-hydrogen) atoms. The van der Waals surface area contributed by atoms with Crippen LogP contribution in [0.5, 0.6) is 5.75 Å². The van der Waals surface area contributed by atoms with Crippen LogP contribution in [0.2, 0.25) is 0 Å². The van der Waals surface area contributed by atoms with Crippen molar-refractivity contribution in [3.05, 3.63) is 70.4 Å². The molecule has 0 radical (unpaired) electrons. The number of benzene rings is 2. The highest BCUT2D eigenvalue weighted by Gasteiger charge is 2.08. The average molecular weight is 325 g/mol. The summed E-state index contributed by atoms with van der Waals surface area (Å²) in [6, 6.07) is 13.3. The van der Waals surface area contributed by atoms with Crippen molar-refractivity contribution in [2.75, 3.05) is 6.54 Å².